The standard InChI is InChI=1S/C18H18N2O5/c1-24-17(22)13-4-2-12(3-5-13)10-20-16(21)11-25-18(23)14-6-8-15(19)9-7-14/h2-9H,10-11,19H2,1H3,(H,20,21). The molecule has 0 saturated carbocycles. The molecule has 0 atom stereocenters. The third-order valence-corrected chi connectivity index (χ3v) is 3.35. The first-order chi connectivity index (χ1) is 12.0. The van der Waals surface area contributed by atoms with Gasteiger partial charge in [-0.1, -0.05) is 12.1 Å². The van der Waals surface area contributed by atoms with Gasteiger partial charge in [0.25, 0.3) is 5.91 Å². The van der Waals surface area contributed by atoms with Crippen molar-refractivity contribution in [2.45, 2.75) is 6.54 Å². The molecule has 130 valence electrons. The lowest BCUT2D eigenvalue weighted by atomic mass is 10.1. The van der Waals surface area contributed by atoms with Gasteiger partial charge < -0.3 is 20.5 Å². The van der Waals surface area contributed by atoms with Crippen LogP contribution in [0.1, 0.15) is 26.3 Å². The Morgan fingerprint density at radius 3 is 2.08 bits per heavy atom. The van der Waals surface area contributed by atoms with Crippen molar-refractivity contribution < 1.29 is 23.9 Å². The fourth-order valence-corrected chi connectivity index (χ4v) is 1.96. The minimum absolute atomic E-state index is 0.250. The molecule has 0 heterocycles. The fraction of sp³-hybridized carbons (Fsp3) is 0.167. The monoisotopic (exact) mass is 342 g/mol. The van der Waals surface area contributed by atoms with E-state index in [1.54, 1.807) is 36.4 Å². The zero-order valence-corrected chi connectivity index (χ0v) is 13.7. The molecule has 0 saturated heterocycles. The molecule has 0 radical (unpaired) electrons. The van der Waals surface area contributed by atoms with Gasteiger partial charge in [-0.05, 0) is 42.0 Å². The number of ether oxygens (including phenoxy) is 2. The van der Waals surface area contributed by atoms with Crippen LogP contribution in [0.15, 0.2) is 48.5 Å². The number of carbonyl (C=O) groups excluding carboxylic acids is 3. The van der Waals surface area contributed by atoms with Crippen molar-refractivity contribution in [1.29, 1.82) is 0 Å². The summed E-state index contributed by atoms with van der Waals surface area (Å²) in [6, 6.07) is 12.8. The van der Waals surface area contributed by atoms with Crippen molar-refractivity contribution in [2.75, 3.05) is 19.5 Å². The number of amides is 1. The molecule has 2 aromatic carbocycles. The first-order valence-corrected chi connectivity index (χ1v) is 7.46. The first-order valence-electron chi connectivity index (χ1n) is 7.46. The molecule has 0 aliphatic carbocycles. The number of rotatable bonds is 6. The normalized spacial score (nSPS) is 9.96. The van der Waals surface area contributed by atoms with E-state index in [1.807, 2.05) is 0 Å². The Morgan fingerprint density at radius 1 is 0.920 bits per heavy atom. The van der Waals surface area contributed by atoms with Gasteiger partial charge in [-0.25, -0.2) is 9.59 Å². The van der Waals surface area contributed by atoms with Gasteiger partial charge in [0, 0.05) is 12.2 Å². The molecule has 2 rings (SSSR count). The average molecular weight is 342 g/mol. The summed E-state index contributed by atoms with van der Waals surface area (Å²) >= 11 is 0. The molecule has 1 amide bonds. The summed E-state index contributed by atoms with van der Waals surface area (Å²) in [5.41, 5.74) is 7.61. The highest BCUT2D eigenvalue weighted by Gasteiger charge is 2.10. The number of esters is 2. The predicted octanol–water partition coefficient (Wildman–Crippen LogP) is 1.53. The minimum atomic E-state index is -0.599. The average Bonchev–Trinajstić information content (AvgIpc) is 2.64. The summed E-state index contributed by atoms with van der Waals surface area (Å²) in [5.74, 6) is -1.46. The van der Waals surface area contributed by atoms with Crippen LogP contribution < -0.4 is 11.1 Å². The summed E-state index contributed by atoms with van der Waals surface area (Å²) < 4.78 is 9.54. The number of benzene rings is 2. The Bertz CT molecular complexity index is 754. The van der Waals surface area contributed by atoms with Crippen molar-refractivity contribution in [3.8, 4) is 0 Å². The summed E-state index contributed by atoms with van der Waals surface area (Å²) in [6.07, 6.45) is 0. The highest BCUT2D eigenvalue weighted by molar-refractivity contribution is 5.91. The molecule has 0 aliphatic rings. The molecule has 0 bridgehead atoms. The van der Waals surface area contributed by atoms with Crippen LogP contribution in [-0.4, -0.2) is 31.6 Å². The van der Waals surface area contributed by atoms with E-state index in [9.17, 15) is 14.4 Å². The number of anilines is 1. The Morgan fingerprint density at radius 2 is 1.48 bits per heavy atom. The largest absolute Gasteiger partial charge is 0.465 e. The quantitative estimate of drug-likeness (QED) is 0.609. The fourth-order valence-electron chi connectivity index (χ4n) is 1.96. The summed E-state index contributed by atoms with van der Waals surface area (Å²) in [6.45, 7) is -0.136. The summed E-state index contributed by atoms with van der Waals surface area (Å²) in [4.78, 5) is 34.9. The Labute approximate surface area is 144 Å². The van der Waals surface area contributed by atoms with Gasteiger partial charge in [0.1, 0.15) is 0 Å². The third-order valence-electron chi connectivity index (χ3n) is 3.35. The highest BCUT2D eigenvalue weighted by atomic mass is 16.5. The van der Waals surface area contributed by atoms with Gasteiger partial charge in [0.15, 0.2) is 6.61 Å². The highest BCUT2D eigenvalue weighted by Crippen LogP contribution is 2.07. The van der Waals surface area contributed by atoms with E-state index in [1.165, 1.54) is 19.2 Å². The molecule has 0 aliphatic heterocycles. The third kappa shape index (κ3) is 5.35. The lowest BCUT2D eigenvalue weighted by Gasteiger charge is -2.07. The van der Waals surface area contributed by atoms with Crippen molar-refractivity contribution in [1.82, 2.24) is 5.32 Å². The van der Waals surface area contributed by atoms with E-state index in [4.69, 9.17) is 10.5 Å². The number of nitrogens with one attached hydrogen (secondary N) is 1. The van der Waals surface area contributed by atoms with Crippen LogP contribution in [0.4, 0.5) is 5.69 Å². The van der Waals surface area contributed by atoms with Crippen molar-refractivity contribution in [2.24, 2.45) is 0 Å². The molecule has 7 nitrogen and oxygen atoms in total. The maximum Gasteiger partial charge on any atom is 0.338 e. The van der Waals surface area contributed by atoms with E-state index in [0.29, 0.717) is 16.8 Å². The number of hydrogen-bond acceptors (Lipinski definition) is 6. The van der Waals surface area contributed by atoms with Crippen LogP contribution in [-0.2, 0) is 20.8 Å². The van der Waals surface area contributed by atoms with Crippen LogP contribution in [0.5, 0.6) is 0 Å². The predicted molar refractivity (Wildman–Crippen MR) is 90.8 cm³/mol. The minimum Gasteiger partial charge on any atom is -0.465 e. The van der Waals surface area contributed by atoms with Crippen molar-refractivity contribution in [3.05, 3.63) is 65.2 Å². The number of hydrogen-bond donors (Lipinski definition) is 2. The maximum absolute atomic E-state index is 11.8. The summed E-state index contributed by atoms with van der Waals surface area (Å²) in [7, 11) is 1.31. The molecule has 25 heavy (non-hydrogen) atoms. The zero-order chi connectivity index (χ0) is 18.2. The van der Waals surface area contributed by atoms with Gasteiger partial charge in [0.05, 0.1) is 18.2 Å². The molecule has 3 N–H and O–H groups in total. The van der Waals surface area contributed by atoms with E-state index in [0.717, 1.165) is 5.56 Å². The van der Waals surface area contributed by atoms with Gasteiger partial charge >= 0.3 is 11.9 Å². The van der Waals surface area contributed by atoms with Gasteiger partial charge in [-0.2, -0.15) is 0 Å². The first kappa shape index (κ1) is 18.0. The second-order valence-electron chi connectivity index (χ2n) is 5.16. The van der Waals surface area contributed by atoms with Crippen LogP contribution >= 0.6 is 0 Å². The smallest absolute Gasteiger partial charge is 0.338 e. The van der Waals surface area contributed by atoms with Crippen molar-refractivity contribution in [3.63, 3.8) is 0 Å². The Kier molecular flexibility index (Phi) is 6.11. The molecule has 0 spiro atoms. The zero-order valence-electron chi connectivity index (χ0n) is 13.7. The second kappa shape index (κ2) is 8.49. The molecule has 2 aromatic rings. The van der Waals surface area contributed by atoms with Gasteiger partial charge in [-0.3, -0.25) is 4.79 Å². The van der Waals surface area contributed by atoms with E-state index in [2.05, 4.69) is 10.1 Å². The molecular weight excluding hydrogens is 324 g/mol. The van der Waals surface area contributed by atoms with Crippen LogP contribution in [0.2, 0.25) is 0 Å². The Balaban J connectivity index is 1.77. The molecule has 0 aromatic heterocycles. The lowest BCUT2D eigenvalue weighted by molar-refractivity contribution is -0.124. The van der Waals surface area contributed by atoms with E-state index < -0.39 is 17.8 Å². The topological polar surface area (TPSA) is 108 Å². The number of nitrogens with two attached hydrogens (primary N) is 1. The molecular formula is C18H18N2O5. The molecule has 0 fully saturated rings. The van der Waals surface area contributed by atoms with Crippen LogP contribution in [0.25, 0.3) is 0 Å². The van der Waals surface area contributed by atoms with Gasteiger partial charge in [0.2, 0.25) is 0 Å². The van der Waals surface area contributed by atoms with E-state index >= 15 is 0 Å². The van der Waals surface area contributed by atoms with Crippen molar-refractivity contribution >= 4 is 23.5 Å². The maximum atomic E-state index is 11.8. The second-order valence-corrected chi connectivity index (χ2v) is 5.16. The Hall–Kier alpha value is -3.35. The number of carbonyl (C=O) groups is 3. The SMILES string of the molecule is COC(=O)c1ccc(CNC(=O)COC(=O)c2ccc(N)cc2)cc1. The number of nitrogen functional groups attached to an aromatic ring is 1. The van der Waals surface area contributed by atoms with Gasteiger partial charge in [-0.15, -0.1) is 0 Å². The van der Waals surface area contributed by atoms with Crippen LogP contribution in [0, 0.1) is 0 Å². The lowest BCUT2D eigenvalue weighted by Crippen LogP contribution is -2.28. The van der Waals surface area contributed by atoms with Crippen LogP contribution in [0.3, 0.4) is 0 Å². The molecule has 7 heteroatoms. The summed E-state index contributed by atoms with van der Waals surface area (Å²) in [5, 5.41) is 2.63. The number of methoxy groups -OCH3 is 1. The molecule has 0 unspecified atom stereocenters. The van der Waals surface area contributed by atoms with E-state index in [-0.39, 0.29) is 13.2 Å².